The number of aryl methyl sites for hydroxylation is 1. The van der Waals surface area contributed by atoms with Crippen LogP contribution in [0.5, 0.6) is 0 Å². The van der Waals surface area contributed by atoms with E-state index in [4.69, 9.17) is 17.0 Å². The lowest BCUT2D eigenvalue weighted by Crippen LogP contribution is -2.31. The summed E-state index contributed by atoms with van der Waals surface area (Å²) in [6.07, 6.45) is 2.68. The van der Waals surface area contributed by atoms with Gasteiger partial charge >= 0.3 is 5.97 Å². The van der Waals surface area contributed by atoms with Gasteiger partial charge in [-0.15, -0.1) is 0 Å². The SMILES string of the molecule is COC(=O)CCCN1C(=S)N[C@H](c2ccccn2)[C@H]1c1cc(C)n(-c2ccccc2F)c1C. The van der Waals surface area contributed by atoms with Crippen LogP contribution < -0.4 is 5.32 Å². The summed E-state index contributed by atoms with van der Waals surface area (Å²) in [6.45, 7) is 4.55. The first-order valence-electron chi connectivity index (χ1n) is 10.9. The second-order valence-electron chi connectivity index (χ2n) is 8.11. The third-order valence-corrected chi connectivity index (χ3v) is 6.44. The summed E-state index contributed by atoms with van der Waals surface area (Å²) in [7, 11) is 1.39. The second-order valence-corrected chi connectivity index (χ2v) is 8.50. The molecule has 33 heavy (non-hydrogen) atoms. The number of thiocarbonyl (C=S) groups is 1. The first-order valence-corrected chi connectivity index (χ1v) is 11.3. The monoisotopic (exact) mass is 466 g/mol. The number of aromatic nitrogens is 2. The van der Waals surface area contributed by atoms with Gasteiger partial charge in [0.25, 0.3) is 0 Å². The van der Waals surface area contributed by atoms with Crippen molar-refractivity contribution in [1.82, 2.24) is 19.8 Å². The highest BCUT2D eigenvalue weighted by Crippen LogP contribution is 2.41. The topological polar surface area (TPSA) is 59.4 Å². The standard InChI is InChI=1S/C25H27FN4O2S/c1-16-15-18(17(2)30(16)21-11-5-4-9-19(21)26)24-23(20-10-6-7-13-27-20)28-25(33)29(24)14-8-12-22(31)32-3/h4-7,9-11,13,15,23-24H,8,12,14H2,1-3H3,(H,28,33)/t23-,24-/m1/s1. The van der Waals surface area contributed by atoms with Gasteiger partial charge < -0.3 is 19.5 Å². The quantitative estimate of drug-likeness (QED) is 0.407. The van der Waals surface area contributed by atoms with Crippen molar-refractivity contribution in [1.29, 1.82) is 0 Å². The zero-order valence-corrected chi connectivity index (χ0v) is 19.7. The molecule has 2 aromatic heterocycles. The van der Waals surface area contributed by atoms with Gasteiger partial charge in [-0.05, 0) is 68.4 Å². The molecule has 0 aliphatic carbocycles. The summed E-state index contributed by atoms with van der Waals surface area (Å²) < 4.78 is 21.4. The van der Waals surface area contributed by atoms with Crippen LogP contribution in [-0.2, 0) is 9.53 Å². The van der Waals surface area contributed by atoms with Crippen molar-refractivity contribution in [2.24, 2.45) is 0 Å². The Morgan fingerprint density at radius 3 is 2.67 bits per heavy atom. The summed E-state index contributed by atoms with van der Waals surface area (Å²) in [5.41, 5.74) is 4.29. The molecule has 6 nitrogen and oxygen atoms in total. The molecule has 1 aliphatic rings. The average molecular weight is 467 g/mol. The van der Waals surface area contributed by atoms with Crippen LogP contribution in [0.25, 0.3) is 5.69 Å². The maximum absolute atomic E-state index is 14.7. The predicted molar refractivity (Wildman–Crippen MR) is 129 cm³/mol. The van der Waals surface area contributed by atoms with Gasteiger partial charge in [-0.25, -0.2) is 4.39 Å². The van der Waals surface area contributed by atoms with Crippen LogP contribution in [0.1, 0.15) is 47.6 Å². The summed E-state index contributed by atoms with van der Waals surface area (Å²) >= 11 is 5.70. The van der Waals surface area contributed by atoms with Crippen LogP contribution in [0.2, 0.25) is 0 Å². The normalized spacial score (nSPS) is 17.8. The van der Waals surface area contributed by atoms with Gasteiger partial charge in [0.05, 0.1) is 30.6 Å². The molecule has 0 radical (unpaired) electrons. The number of benzene rings is 1. The Morgan fingerprint density at radius 1 is 1.21 bits per heavy atom. The second kappa shape index (κ2) is 9.70. The zero-order chi connectivity index (χ0) is 23.5. The van der Waals surface area contributed by atoms with Crippen molar-refractivity contribution in [2.45, 2.75) is 38.8 Å². The van der Waals surface area contributed by atoms with Gasteiger partial charge in [-0.2, -0.15) is 0 Å². The van der Waals surface area contributed by atoms with Crippen LogP contribution in [0.4, 0.5) is 4.39 Å². The van der Waals surface area contributed by atoms with Crippen molar-refractivity contribution < 1.29 is 13.9 Å². The Hall–Kier alpha value is -3.26. The Labute approximate surface area is 198 Å². The number of nitrogens with one attached hydrogen (secondary N) is 1. The van der Waals surface area contributed by atoms with Gasteiger partial charge in [0.15, 0.2) is 5.11 Å². The van der Waals surface area contributed by atoms with Gasteiger partial charge in [-0.3, -0.25) is 9.78 Å². The minimum Gasteiger partial charge on any atom is -0.469 e. The third-order valence-electron chi connectivity index (χ3n) is 6.09. The van der Waals surface area contributed by atoms with Gasteiger partial charge in [-0.1, -0.05) is 18.2 Å². The number of carbonyl (C=O) groups is 1. The number of esters is 1. The summed E-state index contributed by atoms with van der Waals surface area (Å²) in [4.78, 5) is 18.3. The van der Waals surface area contributed by atoms with Crippen LogP contribution in [0.15, 0.2) is 54.7 Å². The lowest BCUT2D eigenvalue weighted by atomic mass is 9.96. The molecular weight excluding hydrogens is 439 g/mol. The predicted octanol–water partition coefficient (Wildman–Crippen LogP) is 4.55. The molecule has 2 atom stereocenters. The number of hydrogen-bond acceptors (Lipinski definition) is 4. The minimum absolute atomic E-state index is 0.156. The molecule has 0 spiro atoms. The number of hydrogen-bond donors (Lipinski definition) is 1. The van der Waals surface area contributed by atoms with E-state index in [0.717, 1.165) is 22.6 Å². The van der Waals surface area contributed by atoms with E-state index in [0.29, 0.717) is 30.2 Å². The molecule has 0 bridgehead atoms. The first-order chi connectivity index (χ1) is 15.9. The van der Waals surface area contributed by atoms with E-state index < -0.39 is 0 Å². The molecule has 3 heterocycles. The number of carbonyl (C=O) groups excluding carboxylic acids is 1. The van der Waals surface area contributed by atoms with Gasteiger partial charge in [0.1, 0.15) is 5.82 Å². The fourth-order valence-electron chi connectivity index (χ4n) is 4.57. The molecule has 172 valence electrons. The molecule has 0 amide bonds. The van der Waals surface area contributed by atoms with E-state index in [9.17, 15) is 9.18 Å². The Morgan fingerprint density at radius 2 is 1.97 bits per heavy atom. The average Bonchev–Trinajstić information content (AvgIpc) is 3.30. The molecule has 0 unspecified atom stereocenters. The lowest BCUT2D eigenvalue weighted by Gasteiger charge is -2.28. The van der Waals surface area contributed by atoms with E-state index in [2.05, 4.69) is 21.3 Å². The number of rotatable bonds is 7. The Kier molecular flexibility index (Phi) is 6.74. The van der Waals surface area contributed by atoms with Crippen LogP contribution >= 0.6 is 12.2 Å². The fourth-order valence-corrected chi connectivity index (χ4v) is 4.90. The van der Waals surface area contributed by atoms with Crippen molar-refractivity contribution in [2.75, 3.05) is 13.7 Å². The maximum Gasteiger partial charge on any atom is 0.305 e. The molecule has 0 saturated carbocycles. The highest BCUT2D eigenvalue weighted by atomic mass is 32.1. The highest BCUT2D eigenvalue weighted by Gasteiger charge is 2.41. The van der Waals surface area contributed by atoms with Crippen LogP contribution in [0.3, 0.4) is 0 Å². The summed E-state index contributed by atoms with van der Waals surface area (Å²) in [6, 6.07) is 14.3. The van der Waals surface area contributed by atoms with Crippen LogP contribution in [0, 0.1) is 19.7 Å². The number of methoxy groups -OCH3 is 1. The molecule has 3 aromatic rings. The maximum atomic E-state index is 14.7. The van der Waals surface area contributed by atoms with Gasteiger partial charge in [0.2, 0.25) is 0 Å². The third kappa shape index (κ3) is 4.48. The van der Waals surface area contributed by atoms with E-state index in [1.54, 1.807) is 18.3 Å². The zero-order valence-electron chi connectivity index (χ0n) is 18.9. The summed E-state index contributed by atoms with van der Waals surface area (Å²) in [5.74, 6) is -0.522. The van der Waals surface area contributed by atoms with E-state index in [-0.39, 0.29) is 23.9 Å². The molecule has 4 rings (SSSR count). The molecule has 1 aromatic carbocycles. The largest absolute Gasteiger partial charge is 0.469 e. The molecule has 1 fully saturated rings. The number of ether oxygens (including phenoxy) is 1. The molecule has 1 aliphatic heterocycles. The van der Waals surface area contributed by atoms with Crippen molar-refractivity contribution >= 4 is 23.3 Å². The molecule has 1 saturated heterocycles. The van der Waals surface area contributed by atoms with Crippen molar-refractivity contribution in [3.63, 3.8) is 0 Å². The van der Waals surface area contributed by atoms with E-state index in [1.807, 2.05) is 42.7 Å². The minimum atomic E-state index is -0.276. The van der Waals surface area contributed by atoms with Crippen molar-refractivity contribution in [3.05, 3.63) is 83.2 Å². The van der Waals surface area contributed by atoms with Crippen molar-refractivity contribution in [3.8, 4) is 5.69 Å². The first kappa shape index (κ1) is 22.9. The summed E-state index contributed by atoms with van der Waals surface area (Å²) in [5, 5.41) is 4.03. The lowest BCUT2D eigenvalue weighted by molar-refractivity contribution is -0.140. The highest BCUT2D eigenvalue weighted by molar-refractivity contribution is 7.80. The van der Waals surface area contributed by atoms with E-state index >= 15 is 0 Å². The van der Waals surface area contributed by atoms with Crippen LogP contribution in [-0.4, -0.2) is 39.2 Å². The van der Waals surface area contributed by atoms with Gasteiger partial charge in [0, 0.05) is 30.6 Å². The molecular formula is C25H27FN4O2S. The molecule has 8 heteroatoms. The number of halogens is 1. The fraction of sp³-hybridized carbons (Fsp3) is 0.320. The smallest absolute Gasteiger partial charge is 0.305 e. The molecule has 1 N–H and O–H groups in total. The van der Waals surface area contributed by atoms with E-state index in [1.165, 1.54) is 13.2 Å². The Balaban J connectivity index is 1.76. The number of nitrogens with zero attached hydrogens (tertiary/aromatic N) is 3. The number of para-hydroxylation sites is 1. The number of pyridine rings is 1. The Bertz CT molecular complexity index is 1160.